The van der Waals surface area contributed by atoms with Crippen molar-refractivity contribution in [2.24, 2.45) is 0 Å². The molecule has 0 amide bonds. The van der Waals surface area contributed by atoms with Crippen LogP contribution in [0.25, 0.3) is 0 Å². The lowest BCUT2D eigenvalue weighted by Gasteiger charge is -2.20. The minimum Gasteiger partial charge on any atom is -0.504 e. The second-order valence-corrected chi connectivity index (χ2v) is 4.70. The van der Waals surface area contributed by atoms with Crippen molar-refractivity contribution in [3.05, 3.63) is 53.6 Å². The van der Waals surface area contributed by atoms with Crippen molar-refractivity contribution in [2.45, 2.75) is 13.5 Å². The van der Waals surface area contributed by atoms with Gasteiger partial charge in [0.25, 0.3) is 0 Å². The van der Waals surface area contributed by atoms with E-state index in [1.807, 2.05) is 19.2 Å². The number of rotatable bonds is 4. The number of ether oxygens (including phenoxy) is 1. The third kappa shape index (κ3) is 3.19. The standard InChI is InChI=1S/C16H19NO2/c1-12-5-4-6-14(9-12)17(2)11-13-7-8-16(19-3)15(18)10-13/h4-10,18H,11H2,1-3H3. The summed E-state index contributed by atoms with van der Waals surface area (Å²) in [6, 6.07) is 13.8. The van der Waals surface area contributed by atoms with E-state index in [1.165, 1.54) is 5.56 Å². The van der Waals surface area contributed by atoms with Crippen LogP contribution in [0.2, 0.25) is 0 Å². The molecule has 3 nitrogen and oxygen atoms in total. The number of anilines is 1. The predicted octanol–water partition coefficient (Wildman–Crippen LogP) is 3.35. The van der Waals surface area contributed by atoms with Crippen molar-refractivity contribution in [3.8, 4) is 11.5 Å². The smallest absolute Gasteiger partial charge is 0.160 e. The first kappa shape index (κ1) is 13.3. The molecule has 2 rings (SSSR count). The SMILES string of the molecule is COc1ccc(CN(C)c2cccc(C)c2)cc1O. The van der Waals surface area contributed by atoms with Crippen LogP contribution < -0.4 is 9.64 Å². The Bertz CT molecular complexity index is 566. The van der Waals surface area contributed by atoms with Crippen LogP contribution in [-0.2, 0) is 6.54 Å². The van der Waals surface area contributed by atoms with Crippen LogP contribution in [-0.4, -0.2) is 19.3 Å². The number of benzene rings is 2. The van der Waals surface area contributed by atoms with Gasteiger partial charge in [0.15, 0.2) is 11.5 Å². The molecule has 2 aromatic carbocycles. The van der Waals surface area contributed by atoms with Gasteiger partial charge in [0.2, 0.25) is 0 Å². The summed E-state index contributed by atoms with van der Waals surface area (Å²) in [5, 5.41) is 9.78. The van der Waals surface area contributed by atoms with Crippen molar-refractivity contribution in [1.82, 2.24) is 0 Å². The van der Waals surface area contributed by atoms with E-state index in [0.717, 1.165) is 17.8 Å². The number of methoxy groups -OCH3 is 1. The second kappa shape index (κ2) is 5.65. The Labute approximate surface area is 114 Å². The molecule has 2 aromatic rings. The summed E-state index contributed by atoms with van der Waals surface area (Å²) in [5.74, 6) is 0.680. The van der Waals surface area contributed by atoms with Crippen LogP contribution in [0.3, 0.4) is 0 Å². The minimum absolute atomic E-state index is 0.178. The Morgan fingerprint density at radius 1 is 1.16 bits per heavy atom. The maximum absolute atomic E-state index is 9.78. The molecule has 19 heavy (non-hydrogen) atoms. The Morgan fingerprint density at radius 3 is 2.58 bits per heavy atom. The number of nitrogens with zero attached hydrogens (tertiary/aromatic N) is 1. The van der Waals surface area contributed by atoms with Gasteiger partial charge in [-0.2, -0.15) is 0 Å². The number of aryl methyl sites for hydroxylation is 1. The first-order valence-corrected chi connectivity index (χ1v) is 6.24. The van der Waals surface area contributed by atoms with E-state index < -0.39 is 0 Å². The molecule has 0 aromatic heterocycles. The molecule has 0 fully saturated rings. The van der Waals surface area contributed by atoms with Crippen molar-refractivity contribution in [2.75, 3.05) is 19.1 Å². The second-order valence-electron chi connectivity index (χ2n) is 4.70. The van der Waals surface area contributed by atoms with Gasteiger partial charge in [-0.05, 0) is 42.3 Å². The lowest BCUT2D eigenvalue weighted by atomic mass is 10.1. The fourth-order valence-corrected chi connectivity index (χ4v) is 2.06. The Morgan fingerprint density at radius 2 is 1.95 bits per heavy atom. The van der Waals surface area contributed by atoms with Crippen LogP contribution in [0.15, 0.2) is 42.5 Å². The summed E-state index contributed by atoms with van der Waals surface area (Å²) in [6.07, 6.45) is 0. The van der Waals surface area contributed by atoms with Gasteiger partial charge in [0.1, 0.15) is 0 Å². The highest BCUT2D eigenvalue weighted by molar-refractivity contribution is 5.49. The Kier molecular flexibility index (Phi) is 3.95. The lowest BCUT2D eigenvalue weighted by molar-refractivity contribution is 0.373. The van der Waals surface area contributed by atoms with E-state index in [4.69, 9.17) is 4.74 Å². The topological polar surface area (TPSA) is 32.7 Å². The number of hydrogen-bond donors (Lipinski definition) is 1. The highest BCUT2D eigenvalue weighted by Crippen LogP contribution is 2.27. The van der Waals surface area contributed by atoms with E-state index in [1.54, 1.807) is 19.2 Å². The number of hydrogen-bond acceptors (Lipinski definition) is 3. The van der Waals surface area contributed by atoms with Gasteiger partial charge in [0.05, 0.1) is 7.11 Å². The van der Waals surface area contributed by atoms with Crippen LogP contribution in [0.5, 0.6) is 11.5 Å². The third-order valence-corrected chi connectivity index (χ3v) is 3.11. The molecule has 0 aliphatic rings. The third-order valence-electron chi connectivity index (χ3n) is 3.11. The summed E-state index contributed by atoms with van der Waals surface area (Å²) >= 11 is 0. The van der Waals surface area contributed by atoms with Crippen molar-refractivity contribution < 1.29 is 9.84 Å². The number of phenolic OH excluding ortho intramolecular Hbond substituents is 1. The van der Waals surface area contributed by atoms with Crippen LogP contribution in [0.1, 0.15) is 11.1 Å². The summed E-state index contributed by atoms with van der Waals surface area (Å²) in [7, 11) is 3.59. The first-order valence-electron chi connectivity index (χ1n) is 6.24. The van der Waals surface area contributed by atoms with Gasteiger partial charge < -0.3 is 14.7 Å². The van der Waals surface area contributed by atoms with Gasteiger partial charge in [-0.15, -0.1) is 0 Å². The zero-order valence-corrected chi connectivity index (χ0v) is 11.6. The van der Waals surface area contributed by atoms with Crippen LogP contribution in [0.4, 0.5) is 5.69 Å². The number of phenols is 1. The number of aromatic hydroxyl groups is 1. The van der Waals surface area contributed by atoms with E-state index in [-0.39, 0.29) is 5.75 Å². The molecule has 3 heteroatoms. The largest absolute Gasteiger partial charge is 0.504 e. The molecule has 1 N–H and O–H groups in total. The summed E-state index contributed by atoms with van der Waals surface area (Å²) in [6.45, 7) is 2.82. The van der Waals surface area contributed by atoms with Crippen molar-refractivity contribution in [1.29, 1.82) is 0 Å². The van der Waals surface area contributed by atoms with Gasteiger partial charge in [-0.25, -0.2) is 0 Å². The van der Waals surface area contributed by atoms with Gasteiger partial charge in [-0.3, -0.25) is 0 Å². The molecule has 0 unspecified atom stereocenters. The van der Waals surface area contributed by atoms with E-state index in [0.29, 0.717) is 5.75 Å². The fourth-order valence-electron chi connectivity index (χ4n) is 2.06. The molecule has 100 valence electrons. The molecular weight excluding hydrogens is 238 g/mol. The monoisotopic (exact) mass is 257 g/mol. The summed E-state index contributed by atoms with van der Waals surface area (Å²) in [5.41, 5.74) is 3.44. The maximum Gasteiger partial charge on any atom is 0.160 e. The molecule has 0 spiro atoms. The normalized spacial score (nSPS) is 10.3. The molecule has 0 aliphatic heterocycles. The average molecular weight is 257 g/mol. The zero-order valence-electron chi connectivity index (χ0n) is 11.6. The van der Waals surface area contributed by atoms with E-state index in [9.17, 15) is 5.11 Å². The zero-order chi connectivity index (χ0) is 13.8. The highest BCUT2D eigenvalue weighted by atomic mass is 16.5. The quantitative estimate of drug-likeness (QED) is 0.911. The van der Waals surface area contributed by atoms with E-state index in [2.05, 4.69) is 30.0 Å². The van der Waals surface area contributed by atoms with Crippen LogP contribution in [0, 0.1) is 6.92 Å². The average Bonchev–Trinajstić information content (AvgIpc) is 2.39. The lowest BCUT2D eigenvalue weighted by Crippen LogP contribution is -2.16. The molecule has 0 saturated heterocycles. The Hall–Kier alpha value is -2.16. The molecule has 0 saturated carbocycles. The minimum atomic E-state index is 0.178. The Balaban J connectivity index is 2.14. The molecule has 0 radical (unpaired) electrons. The molecule has 0 bridgehead atoms. The van der Waals surface area contributed by atoms with Gasteiger partial charge in [-0.1, -0.05) is 18.2 Å². The molecule has 0 heterocycles. The predicted molar refractivity (Wildman–Crippen MR) is 77.9 cm³/mol. The summed E-state index contributed by atoms with van der Waals surface area (Å²) in [4.78, 5) is 2.15. The van der Waals surface area contributed by atoms with Crippen LogP contribution >= 0.6 is 0 Å². The van der Waals surface area contributed by atoms with Gasteiger partial charge >= 0.3 is 0 Å². The molecule has 0 aliphatic carbocycles. The summed E-state index contributed by atoms with van der Waals surface area (Å²) < 4.78 is 5.04. The van der Waals surface area contributed by atoms with Crippen molar-refractivity contribution in [3.63, 3.8) is 0 Å². The van der Waals surface area contributed by atoms with Crippen molar-refractivity contribution >= 4 is 5.69 Å². The fraction of sp³-hybridized carbons (Fsp3) is 0.250. The maximum atomic E-state index is 9.78. The molecule has 0 atom stereocenters. The highest BCUT2D eigenvalue weighted by Gasteiger charge is 2.06. The first-order chi connectivity index (χ1) is 9.10. The van der Waals surface area contributed by atoms with Gasteiger partial charge in [0, 0.05) is 19.3 Å². The van der Waals surface area contributed by atoms with E-state index >= 15 is 0 Å². The molecular formula is C16H19NO2.